The fraction of sp³-hybridized carbons (Fsp3) is 0.714. The van der Waals surface area contributed by atoms with Crippen molar-refractivity contribution in [2.75, 3.05) is 13.2 Å². The molecule has 0 N–H and O–H groups in total. The van der Waals surface area contributed by atoms with Gasteiger partial charge >= 0.3 is 11.9 Å². The molecule has 6 heteroatoms. The van der Waals surface area contributed by atoms with Gasteiger partial charge in [0.1, 0.15) is 11.6 Å². The number of hydrogen-bond donors (Lipinski definition) is 0. The first kappa shape index (κ1) is 18.3. The SMILES string of the molecule is CCOC(=O)CCC(CC(=O)OCC)(C(C)=O)C(C)=O. The summed E-state index contributed by atoms with van der Waals surface area (Å²) in [5, 5.41) is 0. The van der Waals surface area contributed by atoms with Crippen molar-refractivity contribution in [3.8, 4) is 0 Å². The molecule has 114 valence electrons. The van der Waals surface area contributed by atoms with Crippen molar-refractivity contribution in [3.63, 3.8) is 0 Å². The van der Waals surface area contributed by atoms with Crippen LogP contribution in [0.1, 0.15) is 47.0 Å². The van der Waals surface area contributed by atoms with Crippen LogP contribution in [0.2, 0.25) is 0 Å². The van der Waals surface area contributed by atoms with Crippen LogP contribution in [-0.2, 0) is 28.7 Å². The van der Waals surface area contributed by atoms with Crippen LogP contribution in [0.4, 0.5) is 0 Å². The molecular weight excluding hydrogens is 264 g/mol. The maximum atomic E-state index is 11.8. The first-order chi connectivity index (χ1) is 9.30. The van der Waals surface area contributed by atoms with E-state index in [1.54, 1.807) is 13.8 Å². The van der Waals surface area contributed by atoms with Crippen molar-refractivity contribution < 1.29 is 28.7 Å². The number of ketones is 2. The molecule has 0 spiro atoms. The van der Waals surface area contributed by atoms with Crippen molar-refractivity contribution >= 4 is 23.5 Å². The van der Waals surface area contributed by atoms with Crippen LogP contribution in [0, 0.1) is 5.41 Å². The van der Waals surface area contributed by atoms with Gasteiger partial charge in [0.2, 0.25) is 0 Å². The lowest BCUT2D eigenvalue weighted by Gasteiger charge is -2.27. The van der Waals surface area contributed by atoms with Crippen LogP contribution in [-0.4, -0.2) is 36.7 Å². The van der Waals surface area contributed by atoms with Crippen LogP contribution < -0.4 is 0 Å². The van der Waals surface area contributed by atoms with Gasteiger partial charge in [-0.2, -0.15) is 0 Å². The van der Waals surface area contributed by atoms with Gasteiger partial charge in [-0.15, -0.1) is 0 Å². The molecule has 0 aromatic rings. The zero-order valence-corrected chi connectivity index (χ0v) is 12.5. The average molecular weight is 286 g/mol. The number of ether oxygens (including phenoxy) is 2. The maximum absolute atomic E-state index is 11.8. The zero-order chi connectivity index (χ0) is 15.8. The molecule has 0 aromatic heterocycles. The Labute approximate surface area is 118 Å². The van der Waals surface area contributed by atoms with Crippen LogP contribution in [0.3, 0.4) is 0 Å². The summed E-state index contributed by atoms with van der Waals surface area (Å²) in [6.45, 7) is 6.18. The van der Waals surface area contributed by atoms with Crippen molar-refractivity contribution in [1.82, 2.24) is 0 Å². The van der Waals surface area contributed by atoms with E-state index in [9.17, 15) is 19.2 Å². The third-order valence-electron chi connectivity index (χ3n) is 3.16. The van der Waals surface area contributed by atoms with Gasteiger partial charge in [-0.1, -0.05) is 0 Å². The third kappa shape index (κ3) is 5.11. The summed E-state index contributed by atoms with van der Waals surface area (Å²) in [7, 11) is 0. The zero-order valence-electron chi connectivity index (χ0n) is 12.5. The predicted octanol–water partition coefficient (Wildman–Crippen LogP) is 1.45. The fourth-order valence-electron chi connectivity index (χ4n) is 1.94. The van der Waals surface area contributed by atoms with E-state index in [4.69, 9.17) is 9.47 Å². The Kier molecular flexibility index (Phi) is 7.72. The van der Waals surface area contributed by atoms with Crippen LogP contribution >= 0.6 is 0 Å². The van der Waals surface area contributed by atoms with Gasteiger partial charge in [0.05, 0.1) is 25.0 Å². The molecule has 0 aliphatic heterocycles. The second kappa shape index (κ2) is 8.45. The minimum atomic E-state index is -1.50. The van der Waals surface area contributed by atoms with Crippen LogP contribution in [0.15, 0.2) is 0 Å². The lowest BCUT2D eigenvalue weighted by Crippen LogP contribution is -2.39. The summed E-state index contributed by atoms with van der Waals surface area (Å²) in [4.78, 5) is 46.7. The Hall–Kier alpha value is -1.72. The molecule has 20 heavy (non-hydrogen) atoms. The number of esters is 2. The monoisotopic (exact) mass is 286 g/mol. The van der Waals surface area contributed by atoms with E-state index >= 15 is 0 Å². The Morgan fingerprint density at radius 1 is 0.850 bits per heavy atom. The first-order valence-electron chi connectivity index (χ1n) is 6.63. The van der Waals surface area contributed by atoms with Gasteiger partial charge in [0.15, 0.2) is 0 Å². The molecule has 6 nitrogen and oxygen atoms in total. The molecule has 0 amide bonds. The standard InChI is InChI=1S/C14H22O6/c1-5-19-12(17)7-8-14(10(3)15,11(4)16)9-13(18)20-6-2/h5-9H2,1-4H3. The highest BCUT2D eigenvalue weighted by Crippen LogP contribution is 2.31. The van der Waals surface area contributed by atoms with E-state index in [-0.39, 0.29) is 32.5 Å². The molecule has 0 saturated heterocycles. The van der Waals surface area contributed by atoms with E-state index in [0.717, 1.165) is 0 Å². The van der Waals surface area contributed by atoms with Gasteiger partial charge in [0.25, 0.3) is 0 Å². The fourth-order valence-corrected chi connectivity index (χ4v) is 1.94. The van der Waals surface area contributed by atoms with Gasteiger partial charge in [0, 0.05) is 6.42 Å². The Bertz CT molecular complexity index is 371. The average Bonchev–Trinajstić information content (AvgIpc) is 2.34. The van der Waals surface area contributed by atoms with Crippen LogP contribution in [0.5, 0.6) is 0 Å². The minimum Gasteiger partial charge on any atom is -0.466 e. The molecule has 0 bridgehead atoms. The molecule has 0 fully saturated rings. The molecule has 0 atom stereocenters. The Morgan fingerprint density at radius 2 is 1.30 bits per heavy atom. The summed E-state index contributed by atoms with van der Waals surface area (Å²) in [6.07, 6.45) is -0.480. The van der Waals surface area contributed by atoms with E-state index in [1.807, 2.05) is 0 Å². The second-order valence-electron chi connectivity index (χ2n) is 4.48. The smallest absolute Gasteiger partial charge is 0.307 e. The van der Waals surface area contributed by atoms with Gasteiger partial charge in [-0.05, 0) is 34.1 Å². The number of carbonyl (C=O) groups excluding carboxylic acids is 4. The second-order valence-corrected chi connectivity index (χ2v) is 4.48. The summed E-state index contributed by atoms with van der Waals surface area (Å²) in [6, 6.07) is 0. The normalized spacial score (nSPS) is 10.8. The summed E-state index contributed by atoms with van der Waals surface area (Å²) in [5.41, 5.74) is -1.50. The highest BCUT2D eigenvalue weighted by Gasteiger charge is 2.43. The van der Waals surface area contributed by atoms with Gasteiger partial charge < -0.3 is 9.47 Å². The topological polar surface area (TPSA) is 86.7 Å². The predicted molar refractivity (Wildman–Crippen MR) is 70.9 cm³/mol. The van der Waals surface area contributed by atoms with E-state index in [2.05, 4.69) is 0 Å². The van der Waals surface area contributed by atoms with Crippen LogP contribution in [0.25, 0.3) is 0 Å². The Morgan fingerprint density at radius 3 is 1.70 bits per heavy atom. The lowest BCUT2D eigenvalue weighted by molar-refractivity contribution is -0.155. The summed E-state index contributed by atoms with van der Waals surface area (Å²) < 4.78 is 9.56. The van der Waals surface area contributed by atoms with E-state index in [1.165, 1.54) is 13.8 Å². The lowest BCUT2D eigenvalue weighted by atomic mass is 9.73. The molecule has 0 saturated carbocycles. The van der Waals surface area contributed by atoms with E-state index in [0.29, 0.717) is 0 Å². The quantitative estimate of drug-likeness (QED) is 0.471. The number of Topliss-reactive ketones (excluding diaryl/α,β-unsaturated/α-hetero) is 2. The molecular formula is C14H22O6. The molecule has 0 aromatic carbocycles. The van der Waals surface area contributed by atoms with Crippen molar-refractivity contribution in [2.45, 2.75) is 47.0 Å². The van der Waals surface area contributed by atoms with Crippen molar-refractivity contribution in [1.29, 1.82) is 0 Å². The summed E-state index contributed by atoms with van der Waals surface area (Å²) >= 11 is 0. The van der Waals surface area contributed by atoms with Gasteiger partial charge in [-0.3, -0.25) is 19.2 Å². The largest absolute Gasteiger partial charge is 0.466 e. The molecule has 0 rings (SSSR count). The molecule has 0 aliphatic rings. The highest BCUT2D eigenvalue weighted by molar-refractivity contribution is 6.07. The number of carbonyl (C=O) groups is 4. The molecule has 0 radical (unpaired) electrons. The van der Waals surface area contributed by atoms with Gasteiger partial charge in [-0.25, -0.2) is 0 Å². The molecule has 0 aliphatic carbocycles. The summed E-state index contributed by atoms with van der Waals surface area (Å²) in [5.74, 6) is -2.00. The Balaban J connectivity index is 5.04. The molecule has 0 unspecified atom stereocenters. The van der Waals surface area contributed by atoms with Crippen molar-refractivity contribution in [3.05, 3.63) is 0 Å². The highest BCUT2D eigenvalue weighted by atomic mass is 16.5. The number of rotatable bonds is 9. The third-order valence-corrected chi connectivity index (χ3v) is 3.16. The molecule has 0 heterocycles. The minimum absolute atomic E-state index is 0.0463. The van der Waals surface area contributed by atoms with E-state index < -0.39 is 28.9 Å². The van der Waals surface area contributed by atoms with Crippen molar-refractivity contribution in [2.24, 2.45) is 5.41 Å². The first-order valence-corrected chi connectivity index (χ1v) is 6.63. The number of hydrogen-bond acceptors (Lipinski definition) is 6. The maximum Gasteiger partial charge on any atom is 0.307 e.